The van der Waals surface area contributed by atoms with Crippen LogP contribution in [0.3, 0.4) is 0 Å². The molecule has 1 atom stereocenters. The number of nitrogens with one attached hydrogen (secondary N) is 2. The Hall–Kier alpha value is -3.00. The first kappa shape index (κ1) is 19.3. The Morgan fingerprint density at radius 2 is 2.28 bits per heavy atom. The highest BCUT2D eigenvalue weighted by Gasteiger charge is 2.29. The highest BCUT2D eigenvalue weighted by molar-refractivity contribution is 6.04. The molecule has 2 amide bonds. The summed E-state index contributed by atoms with van der Waals surface area (Å²) in [5.41, 5.74) is 2.08. The second-order valence-electron chi connectivity index (χ2n) is 7.27. The van der Waals surface area contributed by atoms with Crippen molar-refractivity contribution in [2.75, 3.05) is 36.5 Å². The van der Waals surface area contributed by atoms with Crippen LogP contribution in [-0.2, 0) is 16.0 Å². The maximum Gasteiger partial charge on any atom is 0.252 e. The van der Waals surface area contributed by atoms with Crippen molar-refractivity contribution in [2.45, 2.75) is 31.8 Å². The Morgan fingerprint density at radius 1 is 1.34 bits per heavy atom. The van der Waals surface area contributed by atoms with Gasteiger partial charge in [-0.2, -0.15) is 0 Å². The molecular formula is C21H25N5O3. The predicted molar refractivity (Wildman–Crippen MR) is 109 cm³/mol. The van der Waals surface area contributed by atoms with Crippen LogP contribution in [0.5, 0.6) is 0 Å². The highest BCUT2D eigenvalue weighted by Crippen LogP contribution is 2.29. The van der Waals surface area contributed by atoms with E-state index in [4.69, 9.17) is 4.74 Å². The van der Waals surface area contributed by atoms with Crippen LogP contribution in [0.25, 0.3) is 0 Å². The van der Waals surface area contributed by atoms with E-state index < -0.39 is 0 Å². The summed E-state index contributed by atoms with van der Waals surface area (Å²) in [5, 5.41) is 5.94. The van der Waals surface area contributed by atoms with Crippen LogP contribution in [0, 0.1) is 0 Å². The minimum Gasteiger partial charge on any atom is -0.376 e. The highest BCUT2D eigenvalue weighted by atomic mass is 16.5. The normalized spacial score (nSPS) is 18.3. The molecular weight excluding hydrogens is 370 g/mol. The van der Waals surface area contributed by atoms with E-state index in [9.17, 15) is 9.59 Å². The van der Waals surface area contributed by atoms with Crippen molar-refractivity contribution < 1.29 is 14.3 Å². The molecule has 0 spiro atoms. The fourth-order valence-corrected chi connectivity index (χ4v) is 3.62. The number of rotatable bonds is 7. The summed E-state index contributed by atoms with van der Waals surface area (Å²) in [7, 11) is 0. The van der Waals surface area contributed by atoms with Gasteiger partial charge in [-0.25, -0.2) is 4.98 Å². The molecule has 152 valence electrons. The zero-order chi connectivity index (χ0) is 20.1. The van der Waals surface area contributed by atoms with Crippen molar-refractivity contribution in [1.29, 1.82) is 0 Å². The number of ether oxygens (including phenoxy) is 1. The molecule has 8 heteroatoms. The van der Waals surface area contributed by atoms with Crippen molar-refractivity contribution in [1.82, 2.24) is 15.3 Å². The van der Waals surface area contributed by atoms with E-state index in [-0.39, 0.29) is 24.5 Å². The number of amides is 2. The summed E-state index contributed by atoms with van der Waals surface area (Å²) in [6.45, 7) is 1.97. The third-order valence-corrected chi connectivity index (χ3v) is 5.16. The van der Waals surface area contributed by atoms with Gasteiger partial charge in [0.2, 0.25) is 5.91 Å². The molecule has 0 radical (unpaired) electrons. The molecule has 0 saturated carbocycles. The number of carbonyl (C=O) groups is 2. The van der Waals surface area contributed by atoms with Crippen molar-refractivity contribution >= 4 is 23.3 Å². The fourth-order valence-electron chi connectivity index (χ4n) is 3.62. The number of nitrogens with zero attached hydrogens (tertiary/aromatic N) is 3. The van der Waals surface area contributed by atoms with Crippen molar-refractivity contribution in [3.63, 3.8) is 0 Å². The van der Waals surface area contributed by atoms with Crippen molar-refractivity contribution in [3.05, 3.63) is 47.9 Å². The smallest absolute Gasteiger partial charge is 0.252 e. The third-order valence-electron chi connectivity index (χ3n) is 5.16. The van der Waals surface area contributed by atoms with Gasteiger partial charge in [0.1, 0.15) is 5.82 Å². The third kappa shape index (κ3) is 4.71. The zero-order valence-electron chi connectivity index (χ0n) is 16.3. The maximum atomic E-state index is 12.6. The number of hydrogen-bond donors (Lipinski definition) is 2. The Kier molecular flexibility index (Phi) is 6.00. The molecule has 4 rings (SSSR count). The number of hydrogen-bond acceptors (Lipinski definition) is 6. The van der Waals surface area contributed by atoms with E-state index in [0.717, 1.165) is 38.0 Å². The van der Waals surface area contributed by atoms with E-state index in [1.165, 1.54) is 0 Å². The topological polar surface area (TPSA) is 96.5 Å². The van der Waals surface area contributed by atoms with E-state index in [2.05, 4.69) is 20.6 Å². The number of fused-ring (bicyclic) bond motifs is 1. The number of anilines is 2. The van der Waals surface area contributed by atoms with Gasteiger partial charge in [0, 0.05) is 31.2 Å². The average molecular weight is 395 g/mol. The molecule has 1 unspecified atom stereocenters. The first-order valence-electron chi connectivity index (χ1n) is 10.0. The number of aromatic nitrogens is 2. The second-order valence-corrected chi connectivity index (χ2v) is 7.27. The maximum absolute atomic E-state index is 12.6. The predicted octanol–water partition coefficient (Wildman–Crippen LogP) is 1.78. The SMILES string of the molecule is O=C(NCCCc1ccccn1)c1cnc2c(c1)N(CC1CCCO1)C(=O)CN2. The van der Waals surface area contributed by atoms with Crippen molar-refractivity contribution in [3.8, 4) is 0 Å². The summed E-state index contributed by atoms with van der Waals surface area (Å²) in [5.74, 6) is 0.383. The van der Waals surface area contributed by atoms with Gasteiger partial charge >= 0.3 is 0 Å². The standard InChI is InChI=1S/C21H25N5O3/c27-19-13-25-20-18(26(19)14-17-7-4-10-29-17)11-15(12-24-20)21(28)23-9-3-6-16-5-1-2-8-22-16/h1-2,5,8,11-12,17H,3-4,6-7,9-10,13-14H2,(H,23,28)(H,24,25). The largest absolute Gasteiger partial charge is 0.376 e. The molecule has 0 bridgehead atoms. The van der Waals surface area contributed by atoms with Crippen LogP contribution >= 0.6 is 0 Å². The van der Waals surface area contributed by atoms with Crippen LogP contribution in [0.1, 0.15) is 35.3 Å². The summed E-state index contributed by atoms with van der Waals surface area (Å²) in [6, 6.07) is 7.55. The Labute approximate surface area is 169 Å². The van der Waals surface area contributed by atoms with Gasteiger partial charge in [-0.1, -0.05) is 6.07 Å². The minimum absolute atomic E-state index is 0.0361. The molecule has 1 saturated heterocycles. The number of aryl methyl sites for hydroxylation is 1. The second kappa shape index (κ2) is 9.00. The van der Waals surface area contributed by atoms with Gasteiger partial charge in [-0.05, 0) is 43.9 Å². The van der Waals surface area contributed by atoms with E-state index in [1.807, 2.05) is 18.2 Å². The molecule has 2 aromatic heterocycles. The van der Waals surface area contributed by atoms with Gasteiger partial charge in [0.25, 0.3) is 5.91 Å². The molecule has 2 N–H and O–H groups in total. The Balaban J connectivity index is 1.38. The average Bonchev–Trinajstić information content (AvgIpc) is 3.27. The molecule has 0 aliphatic carbocycles. The first-order chi connectivity index (χ1) is 14.2. The Bertz CT molecular complexity index is 868. The molecule has 8 nitrogen and oxygen atoms in total. The minimum atomic E-state index is -0.198. The molecule has 2 aliphatic heterocycles. The lowest BCUT2D eigenvalue weighted by Crippen LogP contribution is -2.44. The van der Waals surface area contributed by atoms with Crippen LogP contribution in [0.4, 0.5) is 11.5 Å². The molecule has 4 heterocycles. The van der Waals surface area contributed by atoms with E-state index >= 15 is 0 Å². The molecule has 0 aromatic carbocycles. The van der Waals surface area contributed by atoms with Crippen LogP contribution in [0.15, 0.2) is 36.7 Å². The van der Waals surface area contributed by atoms with Crippen LogP contribution in [0.2, 0.25) is 0 Å². The fraction of sp³-hybridized carbons (Fsp3) is 0.429. The lowest BCUT2D eigenvalue weighted by atomic mass is 10.1. The zero-order valence-corrected chi connectivity index (χ0v) is 16.3. The van der Waals surface area contributed by atoms with Gasteiger partial charge in [-0.3, -0.25) is 14.6 Å². The molecule has 1 fully saturated rings. The lowest BCUT2D eigenvalue weighted by Gasteiger charge is -2.31. The van der Waals surface area contributed by atoms with Gasteiger partial charge in [-0.15, -0.1) is 0 Å². The van der Waals surface area contributed by atoms with Gasteiger partial charge in [0.15, 0.2) is 0 Å². The quantitative estimate of drug-likeness (QED) is 0.694. The summed E-state index contributed by atoms with van der Waals surface area (Å²) in [6.07, 6.45) is 6.90. The van der Waals surface area contributed by atoms with Gasteiger partial charge < -0.3 is 20.3 Å². The number of carbonyl (C=O) groups excluding carboxylic acids is 2. The number of pyridine rings is 2. The summed E-state index contributed by atoms with van der Waals surface area (Å²) in [4.78, 5) is 35.3. The molecule has 29 heavy (non-hydrogen) atoms. The van der Waals surface area contributed by atoms with Crippen molar-refractivity contribution in [2.24, 2.45) is 0 Å². The Morgan fingerprint density at radius 3 is 3.07 bits per heavy atom. The first-order valence-corrected chi connectivity index (χ1v) is 10.0. The summed E-state index contributed by atoms with van der Waals surface area (Å²) >= 11 is 0. The monoisotopic (exact) mass is 395 g/mol. The van der Waals surface area contributed by atoms with E-state index in [0.29, 0.717) is 30.2 Å². The molecule has 2 aliphatic rings. The van der Waals surface area contributed by atoms with Crippen LogP contribution < -0.4 is 15.5 Å². The molecule has 2 aromatic rings. The van der Waals surface area contributed by atoms with E-state index in [1.54, 1.807) is 23.4 Å². The lowest BCUT2D eigenvalue weighted by molar-refractivity contribution is -0.117. The summed E-state index contributed by atoms with van der Waals surface area (Å²) < 4.78 is 5.68. The van der Waals surface area contributed by atoms with Gasteiger partial charge in [0.05, 0.1) is 30.4 Å². The van der Waals surface area contributed by atoms with Crippen LogP contribution in [-0.4, -0.2) is 54.1 Å².